The van der Waals surface area contributed by atoms with Gasteiger partial charge in [-0.2, -0.15) is 0 Å². The first kappa shape index (κ1) is 13.8. The molecule has 0 aliphatic heterocycles. The van der Waals surface area contributed by atoms with Gasteiger partial charge in [-0.05, 0) is 43.2 Å². The van der Waals surface area contributed by atoms with Crippen molar-refractivity contribution < 1.29 is 0 Å². The molecule has 2 heterocycles. The number of rotatable bonds is 7. The summed E-state index contributed by atoms with van der Waals surface area (Å²) in [4.78, 5) is 1.50. The van der Waals surface area contributed by atoms with E-state index in [1.54, 1.807) is 6.20 Å². The maximum absolute atomic E-state index is 4.00. The minimum Gasteiger partial charge on any atom is -0.309 e. The molecule has 0 radical (unpaired) electrons. The van der Waals surface area contributed by atoms with Gasteiger partial charge in [0.25, 0.3) is 0 Å². The highest BCUT2D eigenvalue weighted by Gasteiger charge is 2.26. The SMILES string of the molecule is c1csc(C(NCCCn2ccnn2)C2CCCC2)c1. The van der Waals surface area contributed by atoms with Gasteiger partial charge < -0.3 is 5.32 Å². The topological polar surface area (TPSA) is 42.7 Å². The fraction of sp³-hybridized carbons (Fsp3) is 0.600. The lowest BCUT2D eigenvalue weighted by Gasteiger charge is -2.24. The van der Waals surface area contributed by atoms with Crippen LogP contribution in [0.25, 0.3) is 0 Å². The Kier molecular flexibility index (Phi) is 4.82. The van der Waals surface area contributed by atoms with E-state index in [9.17, 15) is 0 Å². The van der Waals surface area contributed by atoms with E-state index < -0.39 is 0 Å². The van der Waals surface area contributed by atoms with Crippen LogP contribution in [-0.2, 0) is 6.54 Å². The molecule has 0 spiro atoms. The second kappa shape index (κ2) is 6.99. The number of hydrogen-bond acceptors (Lipinski definition) is 4. The molecule has 1 saturated carbocycles. The van der Waals surface area contributed by atoms with Crippen LogP contribution in [0.5, 0.6) is 0 Å². The fourth-order valence-corrected chi connectivity index (χ4v) is 4.00. The second-order valence-corrected chi connectivity index (χ2v) is 6.49. The number of aryl methyl sites for hydroxylation is 1. The van der Waals surface area contributed by atoms with E-state index in [-0.39, 0.29) is 0 Å². The molecule has 2 aromatic rings. The minimum atomic E-state index is 0.549. The van der Waals surface area contributed by atoms with Crippen molar-refractivity contribution in [2.24, 2.45) is 5.92 Å². The fourth-order valence-electron chi connectivity index (χ4n) is 3.11. The van der Waals surface area contributed by atoms with Crippen LogP contribution in [0.3, 0.4) is 0 Å². The summed E-state index contributed by atoms with van der Waals surface area (Å²) in [6.45, 7) is 1.98. The van der Waals surface area contributed by atoms with E-state index in [0.29, 0.717) is 6.04 Å². The number of aromatic nitrogens is 3. The predicted molar refractivity (Wildman–Crippen MR) is 81.7 cm³/mol. The van der Waals surface area contributed by atoms with E-state index >= 15 is 0 Å². The van der Waals surface area contributed by atoms with Crippen LogP contribution in [0, 0.1) is 5.92 Å². The van der Waals surface area contributed by atoms with Crippen molar-refractivity contribution in [3.8, 4) is 0 Å². The number of nitrogens with zero attached hydrogens (tertiary/aromatic N) is 3. The molecular weight excluding hydrogens is 268 g/mol. The molecule has 1 atom stereocenters. The summed E-state index contributed by atoms with van der Waals surface area (Å²) in [7, 11) is 0. The summed E-state index contributed by atoms with van der Waals surface area (Å²) >= 11 is 1.88. The molecule has 1 aliphatic rings. The van der Waals surface area contributed by atoms with E-state index in [0.717, 1.165) is 25.4 Å². The molecule has 0 aromatic carbocycles. The van der Waals surface area contributed by atoms with Crippen LogP contribution in [-0.4, -0.2) is 21.5 Å². The predicted octanol–water partition coefficient (Wildman–Crippen LogP) is 3.25. The Morgan fingerprint density at radius 2 is 2.30 bits per heavy atom. The van der Waals surface area contributed by atoms with Crippen molar-refractivity contribution in [1.82, 2.24) is 20.3 Å². The lowest BCUT2D eigenvalue weighted by Crippen LogP contribution is -2.28. The molecule has 1 aliphatic carbocycles. The second-order valence-electron chi connectivity index (χ2n) is 5.51. The Hall–Kier alpha value is -1.20. The minimum absolute atomic E-state index is 0.549. The molecule has 0 bridgehead atoms. The molecule has 2 aromatic heterocycles. The molecule has 20 heavy (non-hydrogen) atoms. The quantitative estimate of drug-likeness (QED) is 0.796. The lowest BCUT2D eigenvalue weighted by atomic mass is 9.96. The van der Waals surface area contributed by atoms with Gasteiger partial charge in [0.2, 0.25) is 0 Å². The molecule has 0 saturated heterocycles. The standard InChI is InChI=1S/C15H22N4S/c1-2-6-13(5-1)15(14-7-3-12-20-14)16-8-4-10-19-11-9-17-18-19/h3,7,9,11-13,15-16H,1-2,4-6,8,10H2. The maximum atomic E-state index is 4.00. The van der Waals surface area contributed by atoms with Gasteiger partial charge in [0, 0.05) is 23.7 Å². The molecule has 3 rings (SSSR count). The molecule has 1 fully saturated rings. The van der Waals surface area contributed by atoms with Gasteiger partial charge in [-0.25, -0.2) is 0 Å². The third kappa shape index (κ3) is 3.46. The van der Waals surface area contributed by atoms with Crippen molar-refractivity contribution in [3.05, 3.63) is 34.8 Å². The van der Waals surface area contributed by atoms with Gasteiger partial charge in [0.15, 0.2) is 0 Å². The van der Waals surface area contributed by atoms with Crippen molar-refractivity contribution in [3.63, 3.8) is 0 Å². The normalized spacial score (nSPS) is 17.6. The van der Waals surface area contributed by atoms with Crippen molar-refractivity contribution in [2.75, 3.05) is 6.54 Å². The van der Waals surface area contributed by atoms with E-state index in [2.05, 4.69) is 33.1 Å². The molecule has 4 nitrogen and oxygen atoms in total. The maximum Gasteiger partial charge on any atom is 0.0692 e. The van der Waals surface area contributed by atoms with Crippen LogP contribution in [0.1, 0.15) is 43.0 Å². The summed E-state index contributed by atoms with van der Waals surface area (Å²) in [6.07, 6.45) is 10.3. The van der Waals surface area contributed by atoms with Crippen molar-refractivity contribution in [1.29, 1.82) is 0 Å². The summed E-state index contributed by atoms with van der Waals surface area (Å²) in [5.74, 6) is 0.819. The van der Waals surface area contributed by atoms with Crippen LogP contribution in [0.2, 0.25) is 0 Å². The van der Waals surface area contributed by atoms with E-state index in [4.69, 9.17) is 0 Å². The van der Waals surface area contributed by atoms with Crippen LogP contribution in [0.4, 0.5) is 0 Å². The van der Waals surface area contributed by atoms with E-state index in [1.807, 2.05) is 22.2 Å². The van der Waals surface area contributed by atoms with Gasteiger partial charge in [-0.15, -0.1) is 16.4 Å². The third-order valence-corrected chi connectivity index (χ3v) is 5.08. The molecule has 1 unspecified atom stereocenters. The first-order chi connectivity index (χ1) is 9.93. The zero-order valence-corrected chi connectivity index (χ0v) is 12.6. The molecular formula is C15H22N4S. The van der Waals surface area contributed by atoms with Crippen molar-refractivity contribution >= 4 is 11.3 Å². The first-order valence-electron chi connectivity index (χ1n) is 7.54. The van der Waals surface area contributed by atoms with Gasteiger partial charge >= 0.3 is 0 Å². The zero-order valence-electron chi connectivity index (χ0n) is 11.7. The number of hydrogen-bond donors (Lipinski definition) is 1. The largest absolute Gasteiger partial charge is 0.309 e. The Morgan fingerprint density at radius 3 is 3.00 bits per heavy atom. The van der Waals surface area contributed by atoms with Crippen LogP contribution < -0.4 is 5.32 Å². The van der Waals surface area contributed by atoms with Crippen LogP contribution in [0.15, 0.2) is 29.9 Å². The highest BCUT2D eigenvalue weighted by atomic mass is 32.1. The molecule has 5 heteroatoms. The highest BCUT2D eigenvalue weighted by Crippen LogP contribution is 2.37. The highest BCUT2D eigenvalue weighted by molar-refractivity contribution is 7.10. The zero-order chi connectivity index (χ0) is 13.6. The number of thiophene rings is 1. The smallest absolute Gasteiger partial charge is 0.0692 e. The summed E-state index contributed by atoms with van der Waals surface area (Å²) < 4.78 is 1.90. The summed E-state index contributed by atoms with van der Waals surface area (Å²) in [5, 5.41) is 13.8. The van der Waals surface area contributed by atoms with E-state index in [1.165, 1.54) is 30.6 Å². The first-order valence-corrected chi connectivity index (χ1v) is 8.42. The Labute approximate surface area is 124 Å². The number of nitrogens with one attached hydrogen (secondary N) is 1. The van der Waals surface area contributed by atoms with Crippen LogP contribution >= 0.6 is 11.3 Å². The Morgan fingerprint density at radius 1 is 1.40 bits per heavy atom. The third-order valence-electron chi connectivity index (χ3n) is 4.12. The van der Waals surface area contributed by atoms with Gasteiger partial charge in [-0.1, -0.05) is 24.1 Å². The molecule has 1 N–H and O–H groups in total. The molecule has 108 valence electrons. The van der Waals surface area contributed by atoms with Gasteiger partial charge in [-0.3, -0.25) is 4.68 Å². The van der Waals surface area contributed by atoms with Gasteiger partial charge in [0.05, 0.1) is 6.20 Å². The monoisotopic (exact) mass is 290 g/mol. The summed E-state index contributed by atoms with van der Waals surface area (Å²) in [5.41, 5.74) is 0. The van der Waals surface area contributed by atoms with Gasteiger partial charge in [0.1, 0.15) is 0 Å². The Bertz CT molecular complexity index is 474. The average Bonchev–Trinajstić information content (AvgIpc) is 3.22. The average molecular weight is 290 g/mol. The lowest BCUT2D eigenvalue weighted by molar-refractivity contribution is 0.365. The summed E-state index contributed by atoms with van der Waals surface area (Å²) in [6, 6.07) is 4.99. The molecule has 0 amide bonds. The Balaban J connectivity index is 1.51. The van der Waals surface area contributed by atoms with Crippen molar-refractivity contribution in [2.45, 2.75) is 44.7 Å².